The number of carbonyl (C=O) groups is 1. The molecule has 4 nitrogen and oxygen atoms in total. The van der Waals surface area contributed by atoms with E-state index < -0.39 is 18.5 Å². The van der Waals surface area contributed by atoms with Gasteiger partial charge in [0.25, 0.3) is 0 Å². The standard InChI is InChI=1S/C9H12F3N3O/c1-2-15-4-3-14-8(15)7(16)5-13-6-9(10,11)12/h3-4,13H,2,5-6H2,1H3. The molecule has 1 heterocycles. The van der Waals surface area contributed by atoms with Crippen molar-refractivity contribution >= 4 is 5.78 Å². The molecule has 0 atom stereocenters. The van der Waals surface area contributed by atoms with Crippen LogP contribution in [0.3, 0.4) is 0 Å². The zero-order chi connectivity index (χ0) is 12.2. The third-order valence-electron chi connectivity index (χ3n) is 1.92. The van der Waals surface area contributed by atoms with Crippen molar-refractivity contribution < 1.29 is 18.0 Å². The zero-order valence-electron chi connectivity index (χ0n) is 8.71. The van der Waals surface area contributed by atoms with E-state index in [1.54, 1.807) is 10.8 Å². The van der Waals surface area contributed by atoms with Gasteiger partial charge in [0, 0.05) is 18.9 Å². The van der Waals surface area contributed by atoms with Gasteiger partial charge >= 0.3 is 6.18 Å². The van der Waals surface area contributed by atoms with Crippen LogP contribution in [-0.4, -0.2) is 34.6 Å². The molecule has 1 aromatic heterocycles. The van der Waals surface area contributed by atoms with Crippen molar-refractivity contribution in [3.05, 3.63) is 18.2 Å². The number of ketones is 1. The van der Waals surface area contributed by atoms with Gasteiger partial charge in [-0.1, -0.05) is 0 Å². The molecule has 0 radical (unpaired) electrons. The summed E-state index contributed by atoms with van der Waals surface area (Å²) in [6, 6.07) is 0. The smallest absolute Gasteiger partial charge is 0.329 e. The van der Waals surface area contributed by atoms with Crippen molar-refractivity contribution in [3.63, 3.8) is 0 Å². The Labute approximate surface area is 90.5 Å². The Bertz CT molecular complexity index is 359. The topological polar surface area (TPSA) is 46.9 Å². The van der Waals surface area contributed by atoms with Crippen LogP contribution in [0.4, 0.5) is 13.2 Å². The molecule has 0 amide bonds. The highest BCUT2D eigenvalue weighted by Gasteiger charge is 2.26. The lowest BCUT2D eigenvalue weighted by Crippen LogP contribution is -2.33. The average molecular weight is 235 g/mol. The molecular weight excluding hydrogens is 223 g/mol. The van der Waals surface area contributed by atoms with E-state index in [1.165, 1.54) is 6.20 Å². The average Bonchev–Trinajstić information content (AvgIpc) is 2.63. The highest BCUT2D eigenvalue weighted by atomic mass is 19.4. The van der Waals surface area contributed by atoms with Crippen LogP contribution in [-0.2, 0) is 6.54 Å². The molecule has 1 N–H and O–H groups in total. The fraction of sp³-hybridized carbons (Fsp3) is 0.556. The first-order chi connectivity index (χ1) is 7.44. The molecule has 0 saturated heterocycles. The Morgan fingerprint density at radius 1 is 1.56 bits per heavy atom. The second-order valence-electron chi connectivity index (χ2n) is 3.18. The van der Waals surface area contributed by atoms with Gasteiger partial charge in [-0.2, -0.15) is 13.2 Å². The zero-order valence-corrected chi connectivity index (χ0v) is 8.71. The molecule has 0 fully saturated rings. The van der Waals surface area contributed by atoms with Crippen LogP contribution < -0.4 is 5.32 Å². The van der Waals surface area contributed by atoms with Crippen LogP contribution in [0.5, 0.6) is 0 Å². The molecule has 0 bridgehead atoms. The molecule has 7 heteroatoms. The van der Waals surface area contributed by atoms with Crippen LogP contribution in [0, 0.1) is 0 Å². The maximum atomic E-state index is 11.8. The number of imidazole rings is 1. The molecule has 1 rings (SSSR count). The van der Waals surface area contributed by atoms with Gasteiger partial charge in [0.05, 0.1) is 13.1 Å². The second kappa shape index (κ2) is 5.11. The van der Waals surface area contributed by atoms with E-state index in [1.807, 2.05) is 12.2 Å². The van der Waals surface area contributed by atoms with E-state index in [0.717, 1.165) is 0 Å². The summed E-state index contributed by atoms with van der Waals surface area (Å²) >= 11 is 0. The van der Waals surface area contributed by atoms with Gasteiger partial charge in [-0.25, -0.2) is 4.98 Å². The Morgan fingerprint density at radius 3 is 2.81 bits per heavy atom. The SMILES string of the molecule is CCn1ccnc1C(=O)CNCC(F)(F)F. The summed E-state index contributed by atoms with van der Waals surface area (Å²) in [4.78, 5) is 15.3. The van der Waals surface area contributed by atoms with Gasteiger partial charge in [0.2, 0.25) is 5.78 Å². The summed E-state index contributed by atoms with van der Waals surface area (Å²) in [5, 5.41) is 2.04. The molecule has 0 aromatic carbocycles. The van der Waals surface area contributed by atoms with E-state index in [-0.39, 0.29) is 12.4 Å². The number of aromatic nitrogens is 2. The summed E-state index contributed by atoms with van der Waals surface area (Å²) in [7, 11) is 0. The highest BCUT2D eigenvalue weighted by molar-refractivity contribution is 5.94. The summed E-state index contributed by atoms with van der Waals surface area (Å²) in [5.41, 5.74) is 0. The predicted molar refractivity (Wildman–Crippen MR) is 51.2 cm³/mol. The minimum atomic E-state index is -4.31. The second-order valence-corrected chi connectivity index (χ2v) is 3.18. The lowest BCUT2D eigenvalue weighted by Gasteiger charge is -2.07. The third kappa shape index (κ3) is 3.65. The Morgan fingerprint density at radius 2 is 2.25 bits per heavy atom. The molecule has 1 aromatic rings. The van der Waals surface area contributed by atoms with Crippen molar-refractivity contribution in [2.24, 2.45) is 0 Å². The van der Waals surface area contributed by atoms with Gasteiger partial charge in [-0.15, -0.1) is 0 Å². The molecule has 0 aliphatic rings. The lowest BCUT2D eigenvalue weighted by atomic mass is 10.3. The molecular formula is C9H12F3N3O. The number of hydrogen-bond acceptors (Lipinski definition) is 3. The normalized spacial score (nSPS) is 11.8. The molecule has 0 aliphatic heterocycles. The summed E-state index contributed by atoms with van der Waals surface area (Å²) < 4.78 is 37.0. The summed E-state index contributed by atoms with van der Waals surface area (Å²) in [5.74, 6) is -0.270. The van der Waals surface area contributed by atoms with Gasteiger partial charge in [-0.05, 0) is 6.92 Å². The molecule has 0 spiro atoms. The van der Waals surface area contributed by atoms with Gasteiger partial charge in [-0.3, -0.25) is 4.79 Å². The number of halogens is 3. The van der Waals surface area contributed by atoms with Gasteiger partial charge in [0.1, 0.15) is 0 Å². The van der Waals surface area contributed by atoms with Crippen LogP contribution in [0.2, 0.25) is 0 Å². The first-order valence-corrected chi connectivity index (χ1v) is 4.76. The maximum absolute atomic E-state index is 11.8. The summed E-state index contributed by atoms with van der Waals surface area (Å²) in [6.07, 6.45) is -1.25. The van der Waals surface area contributed by atoms with Crippen molar-refractivity contribution in [3.8, 4) is 0 Å². The van der Waals surface area contributed by atoms with E-state index in [4.69, 9.17) is 0 Å². The van der Waals surface area contributed by atoms with Crippen LogP contribution >= 0.6 is 0 Å². The number of carbonyl (C=O) groups excluding carboxylic acids is 1. The van der Waals surface area contributed by atoms with Crippen molar-refractivity contribution in [2.45, 2.75) is 19.6 Å². The van der Waals surface area contributed by atoms with E-state index in [0.29, 0.717) is 6.54 Å². The highest BCUT2D eigenvalue weighted by Crippen LogP contribution is 2.12. The quantitative estimate of drug-likeness (QED) is 0.781. The molecule has 0 unspecified atom stereocenters. The first kappa shape index (κ1) is 12.7. The molecule has 0 saturated carbocycles. The molecule has 0 aliphatic carbocycles. The van der Waals surface area contributed by atoms with Crippen molar-refractivity contribution in [2.75, 3.05) is 13.1 Å². The van der Waals surface area contributed by atoms with Crippen LogP contribution in [0.25, 0.3) is 0 Å². The number of hydrogen-bond donors (Lipinski definition) is 1. The number of rotatable bonds is 5. The number of alkyl halides is 3. The number of aryl methyl sites for hydroxylation is 1. The molecule has 90 valence electrons. The number of Topliss-reactive ketones (excluding diaryl/α,β-unsaturated/α-hetero) is 1. The fourth-order valence-electron chi connectivity index (χ4n) is 1.21. The predicted octanol–water partition coefficient (Wildman–Crippen LogP) is 1.24. The Kier molecular flexibility index (Phi) is 4.05. The number of nitrogens with one attached hydrogen (secondary N) is 1. The lowest BCUT2D eigenvalue weighted by molar-refractivity contribution is -0.124. The van der Waals surface area contributed by atoms with Crippen molar-refractivity contribution in [1.82, 2.24) is 14.9 Å². The minimum absolute atomic E-state index is 0.178. The van der Waals surface area contributed by atoms with Crippen LogP contribution in [0.15, 0.2) is 12.4 Å². The maximum Gasteiger partial charge on any atom is 0.401 e. The fourth-order valence-corrected chi connectivity index (χ4v) is 1.21. The van der Waals surface area contributed by atoms with Gasteiger partial charge in [0.15, 0.2) is 5.82 Å². The molecule has 16 heavy (non-hydrogen) atoms. The van der Waals surface area contributed by atoms with Crippen molar-refractivity contribution in [1.29, 1.82) is 0 Å². The van der Waals surface area contributed by atoms with E-state index >= 15 is 0 Å². The largest absolute Gasteiger partial charge is 0.401 e. The van der Waals surface area contributed by atoms with Gasteiger partial charge < -0.3 is 9.88 Å². The van der Waals surface area contributed by atoms with Crippen LogP contribution in [0.1, 0.15) is 17.5 Å². The summed E-state index contributed by atoms with van der Waals surface area (Å²) in [6.45, 7) is 0.837. The Hall–Kier alpha value is -1.37. The monoisotopic (exact) mass is 235 g/mol. The van der Waals surface area contributed by atoms with E-state index in [2.05, 4.69) is 4.98 Å². The third-order valence-corrected chi connectivity index (χ3v) is 1.92. The minimum Gasteiger partial charge on any atom is -0.329 e. The number of nitrogens with zero attached hydrogens (tertiary/aromatic N) is 2. The Balaban J connectivity index is 2.47. The van der Waals surface area contributed by atoms with E-state index in [9.17, 15) is 18.0 Å². The first-order valence-electron chi connectivity index (χ1n) is 4.76.